The average molecular weight is 348 g/mol. The number of carbonyl (C=O) groups excluding carboxylic acids is 1. The van der Waals surface area contributed by atoms with E-state index < -0.39 is 10.0 Å². The zero-order valence-electron chi connectivity index (χ0n) is 14.0. The Morgan fingerprint density at radius 2 is 1.88 bits per heavy atom. The lowest BCUT2D eigenvalue weighted by Gasteiger charge is -2.30. The molecule has 5 nitrogen and oxygen atoms in total. The average Bonchev–Trinajstić information content (AvgIpc) is 2.87. The van der Waals surface area contributed by atoms with Crippen molar-refractivity contribution in [3.05, 3.63) is 23.3 Å². The number of anilines is 1. The van der Waals surface area contributed by atoms with Crippen molar-refractivity contribution in [3.8, 4) is 0 Å². The number of nitrogens with one attached hydrogen (secondary N) is 1. The monoisotopic (exact) mass is 348 g/mol. The van der Waals surface area contributed by atoms with Crippen molar-refractivity contribution in [1.29, 1.82) is 0 Å². The Balaban J connectivity index is 1.67. The maximum absolute atomic E-state index is 12.9. The van der Waals surface area contributed by atoms with Gasteiger partial charge in [0.2, 0.25) is 15.9 Å². The van der Waals surface area contributed by atoms with Crippen molar-refractivity contribution in [1.82, 2.24) is 4.72 Å². The number of nitrogens with zero attached hydrogens (tertiary/aromatic N) is 1. The van der Waals surface area contributed by atoms with Crippen LogP contribution in [0.2, 0.25) is 0 Å². The van der Waals surface area contributed by atoms with E-state index in [4.69, 9.17) is 0 Å². The summed E-state index contributed by atoms with van der Waals surface area (Å²) < 4.78 is 28.7. The van der Waals surface area contributed by atoms with Crippen molar-refractivity contribution in [2.75, 3.05) is 11.4 Å². The quantitative estimate of drug-likeness (QED) is 0.912. The zero-order chi connectivity index (χ0) is 16.9. The Hall–Kier alpha value is -1.40. The van der Waals surface area contributed by atoms with Crippen LogP contribution in [0.5, 0.6) is 0 Å². The van der Waals surface area contributed by atoms with Crippen molar-refractivity contribution in [3.63, 3.8) is 0 Å². The fourth-order valence-electron chi connectivity index (χ4n) is 4.36. The van der Waals surface area contributed by atoms with Crippen LogP contribution in [0.4, 0.5) is 5.69 Å². The first kappa shape index (κ1) is 16.1. The number of rotatable bonds is 3. The lowest BCUT2D eigenvalue weighted by atomic mass is 9.87. The van der Waals surface area contributed by atoms with Gasteiger partial charge in [0.25, 0.3) is 0 Å². The van der Waals surface area contributed by atoms with Gasteiger partial charge in [-0.3, -0.25) is 4.79 Å². The molecule has 130 valence electrons. The molecule has 6 heteroatoms. The second kappa shape index (κ2) is 5.85. The van der Waals surface area contributed by atoms with Crippen molar-refractivity contribution in [2.45, 2.75) is 62.8 Å². The molecule has 24 heavy (non-hydrogen) atoms. The fourth-order valence-corrected chi connectivity index (χ4v) is 5.84. The molecule has 3 aliphatic rings. The molecule has 1 aromatic rings. The van der Waals surface area contributed by atoms with Gasteiger partial charge in [-0.05, 0) is 54.9 Å². The normalized spacial score (nSPS) is 26.5. The number of benzene rings is 1. The van der Waals surface area contributed by atoms with Crippen LogP contribution in [0.1, 0.15) is 50.2 Å². The topological polar surface area (TPSA) is 66.5 Å². The van der Waals surface area contributed by atoms with Gasteiger partial charge in [-0.2, -0.15) is 0 Å². The summed E-state index contributed by atoms with van der Waals surface area (Å²) in [5.74, 6) is 0.465. The summed E-state index contributed by atoms with van der Waals surface area (Å²) in [6.45, 7) is 2.87. The summed E-state index contributed by atoms with van der Waals surface area (Å²) in [6.07, 6.45) is 6.31. The molecule has 0 saturated heterocycles. The van der Waals surface area contributed by atoms with Gasteiger partial charge in [-0.15, -0.1) is 0 Å². The lowest BCUT2D eigenvalue weighted by Crippen LogP contribution is -2.41. The minimum Gasteiger partial charge on any atom is -0.312 e. The van der Waals surface area contributed by atoms with Crippen LogP contribution >= 0.6 is 0 Å². The molecule has 1 fully saturated rings. The predicted octanol–water partition coefficient (Wildman–Crippen LogP) is 2.38. The largest absolute Gasteiger partial charge is 0.312 e. The Labute approximate surface area is 143 Å². The number of amides is 1. The number of sulfonamides is 1. The Bertz CT molecular complexity index is 788. The Kier molecular flexibility index (Phi) is 3.92. The van der Waals surface area contributed by atoms with Crippen LogP contribution in [0.15, 0.2) is 17.0 Å². The number of carbonyl (C=O) groups is 1. The Morgan fingerprint density at radius 1 is 1.12 bits per heavy atom. The third-order valence-corrected chi connectivity index (χ3v) is 7.18. The zero-order valence-corrected chi connectivity index (χ0v) is 14.9. The molecule has 0 unspecified atom stereocenters. The molecule has 1 saturated carbocycles. The van der Waals surface area contributed by atoms with Crippen LogP contribution in [-0.2, 0) is 27.7 Å². The second-order valence-electron chi connectivity index (χ2n) is 7.41. The van der Waals surface area contributed by atoms with E-state index in [9.17, 15) is 13.2 Å². The van der Waals surface area contributed by atoms with Gasteiger partial charge in [0.1, 0.15) is 0 Å². The molecule has 4 rings (SSSR count). The van der Waals surface area contributed by atoms with Gasteiger partial charge >= 0.3 is 0 Å². The van der Waals surface area contributed by atoms with E-state index >= 15 is 0 Å². The molecular weight excluding hydrogens is 324 g/mol. The van der Waals surface area contributed by atoms with Gasteiger partial charge in [-0.25, -0.2) is 13.1 Å². The first-order valence-corrected chi connectivity index (χ1v) is 10.4. The third kappa shape index (κ3) is 2.65. The van der Waals surface area contributed by atoms with Crippen molar-refractivity contribution < 1.29 is 13.2 Å². The summed E-state index contributed by atoms with van der Waals surface area (Å²) >= 11 is 0. The van der Waals surface area contributed by atoms with Gasteiger partial charge in [-0.1, -0.05) is 19.8 Å². The van der Waals surface area contributed by atoms with E-state index in [1.165, 1.54) is 6.42 Å². The summed E-state index contributed by atoms with van der Waals surface area (Å²) in [6, 6.07) is 3.50. The molecule has 0 bridgehead atoms. The summed E-state index contributed by atoms with van der Waals surface area (Å²) in [7, 11) is -3.54. The second-order valence-corrected chi connectivity index (χ2v) is 9.12. The fraction of sp³-hybridized carbons (Fsp3) is 0.611. The van der Waals surface area contributed by atoms with Gasteiger partial charge in [0.05, 0.1) is 17.0 Å². The molecule has 1 aliphatic carbocycles. The maximum Gasteiger partial charge on any atom is 0.240 e. The summed E-state index contributed by atoms with van der Waals surface area (Å²) in [5, 5.41) is 0. The highest BCUT2D eigenvalue weighted by Crippen LogP contribution is 2.38. The van der Waals surface area contributed by atoms with E-state index in [0.29, 0.717) is 17.2 Å². The van der Waals surface area contributed by atoms with E-state index in [2.05, 4.69) is 11.6 Å². The van der Waals surface area contributed by atoms with E-state index in [0.717, 1.165) is 55.5 Å². The summed E-state index contributed by atoms with van der Waals surface area (Å²) in [5.41, 5.74) is 2.84. The van der Waals surface area contributed by atoms with Crippen LogP contribution in [0.25, 0.3) is 0 Å². The number of hydrogen-bond acceptors (Lipinski definition) is 3. The Morgan fingerprint density at radius 3 is 2.67 bits per heavy atom. The third-order valence-electron chi connectivity index (χ3n) is 5.71. The predicted molar refractivity (Wildman–Crippen MR) is 92.6 cm³/mol. The van der Waals surface area contributed by atoms with Crippen LogP contribution in [0.3, 0.4) is 0 Å². The van der Waals surface area contributed by atoms with E-state index in [1.807, 2.05) is 4.90 Å². The van der Waals surface area contributed by atoms with Crippen molar-refractivity contribution >= 4 is 21.6 Å². The maximum atomic E-state index is 12.9. The highest BCUT2D eigenvalue weighted by molar-refractivity contribution is 7.89. The van der Waals surface area contributed by atoms with Crippen LogP contribution in [0, 0.1) is 5.92 Å². The standard InChI is InChI=1S/C18H24N2O3S/c1-12-5-2-3-7-16(12)19-24(22,23)15-9-13-6-4-8-20-17(21)11-14(10-15)18(13)20/h9-10,12,16,19H,2-8,11H2,1H3/t12-,16-/m1/s1. The molecule has 0 radical (unpaired) electrons. The lowest BCUT2D eigenvalue weighted by molar-refractivity contribution is -0.117. The summed E-state index contributed by atoms with van der Waals surface area (Å²) in [4.78, 5) is 14.3. The highest BCUT2D eigenvalue weighted by atomic mass is 32.2. The molecule has 0 aromatic heterocycles. The highest BCUT2D eigenvalue weighted by Gasteiger charge is 2.34. The molecule has 1 aromatic carbocycles. The van der Waals surface area contributed by atoms with Crippen molar-refractivity contribution in [2.24, 2.45) is 5.92 Å². The smallest absolute Gasteiger partial charge is 0.240 e. The first-order chi connectivity index (χ1) is 11.5. The number of aryl methyl sites for hydroxylation is 1. The molecule has 2 heterocycles. The molecule has 0 spiro atoms. The molecule has 1 N–H and O–H groups in total. The van der Waals surface area contributed by atoms with Gasteiger partial charge in [0, 0.05) is 12.6 Å². The SMILES string of the molecule is C[C@@H]1CCCC[C@H]1NS(=O)(=O)c1cc2c3c(c1)CC(=O)N3CCC2. The van der Waals surface area contributed by atoms with E-state index in [1.54, 1.807) is 12.1 Å². The first-order valence-electron chi connectivity index (χ1n) is 8.94. The van der Waals surface area contributed by atoms with E-state index in [-0.39, 0.29) is 11.9 Å². The minimum atomic E-state index is -3.54. The molecule has 2 atom stereocenters. The van der Waals surface area contributed by atoms with Gasteiger partial charge < -0.3 is 4.90 Å². The minimum absolute atomic E-state index is 0.0199. The molecular formula is C18H24N2O3S. The van der Waals surface area contributed by atoms with Crippen LogP contribution < -0.4 is 9.62 Å². The van der Waals surface area contributed by atoms with Crippen LogP contribution in [-0.4, -0.2) is 26.9 Å². The van der Waals surface area contributed by atoms with Gasteiger partial charge in [0.15, 0.2) is 0 Å². The number of hydrogen-bond donors (Lipinski definition) is 1. The molecule has 1 amide bonds. The molecule has 2 aliphatic heterocycles.